The topological polar surface area (TPSA) is 26.3 Å². The van der Waals surface area contributed by atoms with Crippen LogP contribution in [0.5, 0.6) is 0 Å². The minimum atomic E-state index is -0.470. The molecule has 0 radical (unpaired) electrons. The highest BCUT2D eigenvalue weighted by Crippen LogP contribution is 2.27. The van der Waals surface area contributed by atoms with Gasteiger partial charge in [-0.05, 0) is 32.1 Å². The Balaban J connectivity index is 2.51. The molecule has 0 aromatic carbocycles. The van der Waals surface area contributed by atoms with Gasteiger partial charge in [0.2, 0.25) is 0 Å². The third-order valence-electron chi connectivity index (χ3n) is 2.65. The van der Waals surface area contributed by atoms with Gasteiger partial charge in [-0.25, -0.2) is 0 Å². The summed E-state index contributed by atoms with van der Waals surface area (Å²) in [4.78, 5) is 11.8. The second-order valence-corrected chi connectivity index (χ2v) is 4.56. The molecule has 1 aliphatic heterocycles. The Morgan fingerprint density at radius 2 is 2.15 bits per heavy atom. The maximum atomic E-state index is 11.8. The summed E-state index contributed by atoms with van der Waals surface area (Å²) < 4.78 is 5.58. The van der Waals surface area contributed by atoms with Crippen molar-refractivity contribution in [1.82, 2.24) is 0 Å². The first kappa shape index (κ1) is 10.7. The molecule has 76 valence electrons. The number of Topliss-reactive ketones (excluding diaryl/α,β-unsaturated/α-hetero) is 1. The molecule has 0 spiro atoms. The highest BCUT2D eigenvalue weighted by atomic mass is 16.5. The Labute approximate surface area is 80.7 Å². The number of hydrogen-bond donors (Lipinski definition) is 0. The van der Waals surface area contributed by atoms with Crippen LogP contribution in [-0.2, 0) is 9.53 Å². The van der Waals surface area contributed by atoms with Crippen molar-refractivity contribution in [3.8, 4) is 0 Å². The standard InChI is InChI=1S/C11H20O2/c1-9(2)8-10(12)11(3)6-4-5-7-13-11/h9H,4-8H2,1-3H3. The van der Waals surface area contributed by atoms with Gasteiger partial charge < -0.3 is 4.74 Å². The lowest BCUT2D eigenvalue weighted by atomic mass is 9.87. The molecule has 1 unspecified atom stereocenters. The van der Waals surface area contributed by atoms with Gasteiger partial charge in [-0.3, -0.25) is 4.79 Å². The third-order valence-corrected chi connectivity index (χ3v) is 2.65. The number of carbonyl (C=O) groups is 1. The van der Waals surface area contributed by atoms with Crippen molar-refractivity contribution < 1.29 is 9.53 Å². The number of ketones is 1. The van der Waals surface area contributed by atoms with E-state index in [0.717, 1.165) is 25.9 Å². The van der Waals surface area contributed by atoms with Crippen molar-refractivity contribution >= 4 is 5.78 Å². The van der Waals surface area contributed by atoms with Gasteiger partial charge >= 0.3 is 0 Å². The van der Waals surface area contributed by atoms with Crippen LogP contribution in [0.25, 0.3) is 0 Å². The fraction of sp³-hybridized carbons (Fsp3) is 0.909. The molecule has 2 heteroatoms. The zero-order valence-corrected chi connectivity index (χ0v) is 8.93. The molecule has 1 aliphatic rings. The summed E-state index contributed by atoms with van der Waals surface area (Å²) in [7, 11) is 0. The Hall–Kier alpha value is -0.370. The van der Waals surface area contributed by atoms with Crippen molar-refractivity contribution in [2.75, 3.05) is 6.61 Å². The van der Waals surface area contributed by atoms with E-state index in [2.05, 4.69) is 13.8 Å². The van der Waals surface area contributed by atoms with Crippen LogP contribution in [0.3, 0.4) is 0 Å². The van der Waals surface area contributed by atoms with Crippen LogP contribution in [0.15, 0.2) is 0 Å². The summed E-state index contributed by atoms with van der Waals surface area (Å²) in [5.74, 6) is 0.719. The molecule has 1 heterocycles. The Morgan fingerprint density at radius 3 is 2.62 bits per heavy atom. The zero-order valence-electron chi connectivity index (χ0n) is 8.93. The molecule has 1 fully saturated rings. The quantitative estimate of drug-likeness (QED) is 0.673. The highest BCUT2D eigenvalue weighted by molar-refractivity contribution is 5.87. The summed E-state index contributed by atoms with van der Waals surface area (Å²) in [6.07, 6.45) is 3.78. The van der Waals surface area contributed by atoms with Gasteiger partial charge in [-0.1, -0.05) is 13.8 Å². The van der Waals surface area contributed by atoms with Gasteiger partial charge in [0.15, 0.2) is 5.78 Å². The van der Waals surface area contributed by atoms with Crippen molar-refractivity contribution in [2.24, 2.45) is 5.92 Å². The Kier molecular flexibility index (Phi) is 3.48. The van der Waals surface area contributed by atoms with Gasteiger partial charge in [-0.2, -0.15) is 0 Å². The first-order chi connectivity index (χ1) is 6.04. The van der Waals surface area contributed by atoms with E-state index in [4.69, 9.17) is 4.74 Å². The van der Waals surface area contributed by atoms with E-state index in [-0.39, 0.29) is 5.78 Å². The van der Waals surface area contributed by atoms with Crippen LogP contribution in [0.4, 0.5) is 0 Å². The van der Waals surface area contributed by atoms with Crippen LogP contribution in [0.1, 0.15) is 46.5 Å². The highest BCUT2D eigenvalue weighted by Gasteiger charge is 2.35. The monoisotopic (exact) mass is 184 g/mol. The molecule has 0 aliphatic carbocycles. The molecule has 13 heavy (non-hydrogen) atoms. The van der Waals surface area contributed by atoms with E-state index in [1.165, 1.54) is 0 Å². The average molecular weight is 184 g/mol. The molecular formula is C11H20O2. The summed E-state index contributed by atoms with van der Waals surface area (Å²) in [6.45, 7) is 6.84. The number of ether oxygens (including phenoxy) is 1. The predicted molar refractivity (Wildman–Crippen MR) is 52.7 cm³/mol. The molecular weight excluding hydrogens is 164 g/mol. The van der Waals surface area contributed by atoms with Crippen LogP contribution < -0.4 is 0 Å². The van der Waals surface area contributed by atoms with Crippen LogP contribution in [-0.4, -0.2) is 18.0 Å². The molecule has 0 aromatic heterocycles. The lowest BCUT2D eigenvalue weighted by molar-refractivity contribution is -0.148. The second-order valence-electron chi connectivity index (χ2n) is 4.56. The van der Waals surface area contributed by atoms with Crippen LogP contribution in [0, 0.1) is 5.92 Å². The first-order valence-corrected chi connectivity index (χ1v) is 5.22. The van der Waals surface area contributed by atoms with Gasteiger partial charge in [0.05, 0.1) is 0 Å². The van der Waals surface area contributed by atoms with E-state index in [9.17, 15) is 4.79 Å². The average Bonchev–Trinajstić information content (AvgIpc) is 2.04. The maximum Gasteiger partial charge on any atom is 0.164 e. The number of carbonyl (C=O) groups excluding carboxylic acids is 1. The number of hydrogen-bond acceptors (Lipinski definition) is 2. The largest absolute Gasteiger partial charge is 0.368 e. The van der Waals surface area contributed by atoms with Gasteiger partial charge in [0.25, 0.3) is 0 Å². The lowest BCUT2D eigenvalue weighted by Gasteiger charge is -2.32. The molecule has 0 aromatic rings. The minimum absolute atomic E-state index is 0.280. The van der Waals surface area contributed by atoms with Crippen molar-refractivity contribution in [3.63, 3.8) is 0 Å². The molecule has 1 atom stereocenters. The third kappa shape index (κ3) is 2.80. The zero-order chi connectivity index (χ0) is 9.90. The van der Waals surface area contributed by atoms with Gasteiger partial charge in [-0.15, -0.1) is 0 Å². The first-order valence-electron chi connectivity index (χ1n) is 5.22. The van der Waals surface area contributed by atoms with E-state index in [0.29, 0.717) is 12.3 Å². The van der Waals surface area contributed by atoms with Crippen LogP contribution >= 0.6 is 0 Å². The van der Waals surface area contributed by atoms with E-state index >= 15 is 0 Å². The minimum Gasteiger partial charge on any atom is -0.368 e. The summed E-state index contributed by atoms with van der Waals surface area (Å²) in [5.41, 5.74) is -0.470. The van der Waals surface area contributed by atoms with Crippen LogP contribution in [0.2, 0.25) is 0 Å². The molecule has 1 saturated heterocycles. The van der Waals surface area contributed by atoms with E-state index in [1.807, 2.05) is 6.92 Å². The summed E-state index contributed by atoms with van der Waals surface area (Å²) >= 11 is 0. The number of rotatable bonds is 3. The van der Waals surface area contributed by atoms with Crippen molar-refractivity contribution in [3.05, 3.63) is 0 Å². The van der Waals surface area contributed by atoms with Crippen molar-refractivity contribution in [1.29, 1.82) is 0 Å². The molecule has 2 nitrogen and oxygen atoms in total. The van der Waals surface area contributed by atoms with Crippen molar-refractivity contribution in [2.45, 2.75) is 52.1 Å². The molecule has 0 N–H and O–H groups in total. The fourth-order valence-corrected chi connectivity index (χ4v) is 1.74. The van der Waals surface area contributed by atoms with E-state index in [1.54, 1.807) is 0 Å². The van der Waals surface area contributed by atoms with Gasteiger partial charge in [0, 0.05) is 13.0 Å². The normalized spacial score (nSPS) is 29.2. The Morgan fingerprint density at radius 1 is 1.46 bits per heavy atom. The maximum absolute atomic E-state index is 11.8. The summed E-state index contributed by atoms with van der Waals surface area (Å²) in [6, 6.07) is 0. The lowest BCUT2D eigenvalue weighted by Crippen LogP contribution is -2.41. The molecule has 1 rings (SSSR count). The molecule has 0 bridgehead atoms. The fourth-order valence-electron chi connectivity index (χ4n) is 1.74. The Bertz CT molecular complexity index is 179. The molecule has 0 amide bonds. The van der Waals surface area contributed by atoms with Gasteiger partial charge in [0.1, 0.15) is 5.60 Å². The second kappa shape index (κ2) is 4.23. The van der Waals surface area contributed by atoms with E-state index < -0.39 is 5.60 Å². The smallest absolute Gasteiger partial charge is 0.164 e. The predicted octanol–water partition coefficient (Wildman–Crippen LogP) is 2.56. The SMILES string of the molecule is CC(C)CC(=O)C1(C)CCCCO1. The summed E-state index contributed by atoms with van der Waals surface area (Å²) in [5, 5.41) is 0. The molecule has 0 saturated carbocycles.